The summed E-state index contributed by atoms with van der Waals surface area (Å²) in [7, 11) is 1.75. The van der Waals surface area contributed by atoms with Crippen molar-refractivity contribution in [2.45, 2.75) is 25.7 Å². The van der Waals surface area contributed by atoms with E-state index in [4.69, 9.17) is 4.74 Å². The van der Waals surface area contributed by atoms with Gasteiger partial charge in [-0.15, -0.1) is 0 Å². The van der Waals surface area contributed by atoms with Crippen LogP contribution in [0.1, 0.15) is 31.2 Å². The Kier molecular flexibility index (Phi) is 5.02. The van der Waals surface area contributed by atoms with Gasteiger partial charge >= 0.3 is 6.01 Å². The summed E-state index contributed by atoms with van der Waals surface area (Å²) in [5, 5.41) is 6.28. The summed E-state index contributed by atoms with van der Waals surface area (Å²) < 4.78 is 7.31. The third-order valence-electron chi connectivity index (χ3n) is 4.87. The fourth-order valence-corrected chi connectivity index (χ4v) is 4.05. The van der Waals surface area contributed by atoms with Gasteiger partial charge in [-0.2, -0.15) is 4.98 Å². The highest BCUT2D eigenvalue weighted by Gasteiger charge is 2.25. The van der Waals surface area contributed by atoms with Gasteiger partial charge in [0, 0.05) is 32.4 Å². The number of nitrogens with zero attached hydrogens (tertiary/aromatic N) is 5. The second-order valence-corrected chi connectivity index (χ2v) is 8.50. The van der Waals surface area contributed by atoms with Gasteiger partial charge in [0.15, 0.2) is 9.96 Å². The number of hydrogen-bond acceptors (Lipinski definition) is 9. The van der Waals surface area contributed by atoms with Crippen LogP contribution in [0.15, 0.2) is 41.6 Å². The SMILES string of the molecule is CC(=O)Nc1cc(Oc2ncc3nc(Nc4cc(C5CC5)cn(C)c4=O)sc3n2)ccn1. The van der Waals surface area contributed by atoms with Gasteiger partial charge in [-0.05, 0) is 36.5 Å². The fourth-order valence-electron chi connectivity index (χ4n) is 3.23. The second kappa shape index (κ2) is 8.00. The summed E-state index contributed by atoms with van der Waals surface area (Å²) in [5.41, 5.74) is 2.12. The molecule has 0 atom stereocenters. The molecule has 1 saturated carbocycles. The molecule has 1 aliphatic carbocycles. The second-order valence-electron chi connectivity index (χ2n) is 7.52. The van der Waals surface area contributed by atoms with Crippen molar-refractivity contribution in [3.63, 3.8) is 0 Å². The van der Waals surface area contributed by atoms with Crippen molar-refractivity contribution >= 4 is 44.2 Å². The number of aryl methyl sites for hydroxylation is 1. The van der Waals surface area contributed by atoms with E-state index in [9.17, 15) is 9.59 Å². The van der Waals surface area contributed by atoms with Crippen molar-refractivity contribution in [2.75, 3.05) is 10.6 Å². The predicted octanol–water partition coefficient (Wildman–Crippen LogP) is 3.55. The van der Waals surface area contributed by atoms with E-state index in [0.717, 1.165) is 18.4 Å². The lowest BCUT2D eigenvalue weighted by atomic mass is 10.2. The standard InChI is InChI=1S/C21H19N7O3S/c1-11(29)24-17-8-14(5-6-22-17)31-20-23-9-16-18(27-20)32-21(26-16)25-15-7-13(12-3-4-12)10-28(2)19(15)30/h5-10,12H,3-4H2,1-2H3,(H,25,26)(H,22,24,29). The van der Waals surface area contributed by atoms with Crippen molar-refractivity contribution in [2.24, 2.45) is 7.05 Å². The molecule has 2 N–H and O–H groups in total. The molecule has 4 aromatic heterocycles. The number of amides is 1. The number of nitrogens with one attached hydrogen (secondary N) is 2. The maximum atomic E-state index is 12.5. The van der Waals surface area contributed by atoms with Gasteiger partial charge in [0.05, 0.1) is 6.20 Å². The molecule has 0 saturated heterocycles. The highest BCUT2D eigenvalue weighted by molar-refractivity contribution is 7.21. The van der Waals surface area contributed by atoms with Crippen LogP contribution in [-0.4, -0.2) is 30.4 Å². The van der Waals surface area contributed by atoms with E-state index >= 15 is 0 Å². The highest BCUT2D eigenvalue weighted by atomic mass is 32.1. The average molecular weight is 449 g/mol. The van der Waals surface area contributed by atoms with E-state index < -0.39 is 0 Å². The van der Waals surface area contributed by atoms with E-state index in [1.165, 1.54) is 24.5 Å². The lowest BCUT2D eigenvalue weighted by Crippen LogP contribution is -2.19. The summed E-state index contributed by atoms with van der Waals surface area (Å²) in [5.74, 6) is 1.11. The first-order valence-corrected chi connectivity index (χ1v) is 10.8. The molecule has 5 rings (SSSR count). The molecule has 0 bridgehead atoms. The Morgan fingerprint density at radius 3 is 2.88 bits per heavy atom. The number of carbonyl (C=O) groups is 1. The van der Waals surface area contributed by atoms with Gasteiger partial charge in [-0.1, -0.05) is 11.3 Å². The zero-order valence-electron chi connectivity index (χ0n) is 17.3. The quantitative estimate of drug-likeness (QED) is 0.458. The molecule has 0 spiro atoms. The van der Waals surface area contributed by atoms with Crippen LogP contribution in [0, 0.1) is 0 Å². The van der Waals surface area contributed by atoms with Gasteiger partial charge in [0.2, 0.25) is 5.91 Å². The van der Waals surface area contributed by atoms with E-state index in [2.05, 4.69) is 30.6 Å². The number of fused-ring (bicyclic) bond motifs is 1. The van der Waals surface area contributed by atoms with Crippen molar-refractivity contribution in [1.29, 1.82) is 0 Å². The lowest BCUT2D eigenvalue weighted by Gasteiger charge is -2.08. The van der Waals surface area contributed by atoms with E-state index in [1.54, 1.807) is 29.9 Å². The number of hydrogen-bond donors (Lipinski definition) is 2. The highest BCUT2D eigenvalue weighted by Crippen LogP contribution is 2.40. The van der Waals surface area contributed by atoms with Gasteiger partial charge in [-0.25, -0.2) is 15.0 Å². The Bertz CT molecular complexity index is 1390. The number of thiazole rings is 1. The molecule has 11 heteroatoms. The molecular weight excluding hydrogens is 430 g/mol. The summed E-state index contributed by atoms with van der Waals surface area (Å²) in [6.45, 7) is 1.40. The Morgan fingerprint density at radius 2 is 2.09 bits per heavy atom. The molecule has 10 nitrogen and oxygen atoms in total. The number of rotatable bonds is 6. The molecule has 32 heavy (non-hydrogen) atoms. The fraction of sp³-hybridized carbons (Fsp3) is 0.238. The van der Waals surface area contributed by atoms with E-state index in [-0.39, 0.29) is 17.5 Å². The van der Waals surface area contributed by atoms with Crippen LogP contribution < -0.4 is 20.9 Å². The number of anilines is 3. The number of pyridine rings is 2. The molecular formula is C21H19N7O3S. The molecule has 1 amide bonds. The van der Waals surface area contributed by atoms with Crippen LogP contribution in [0.5, 0.6) is 11.8 Å². The maximum Gasteiger partial charge on any atom is 0.323 e. The Morgan fingerprint density at radius 1 is 1.25 bits per heavy atom. The van der Waals surface area contributed by atoms with Crippen LogP contribution in [0.25, 0.3) is 10.3 Å². The monoisotopic (exact) mass is 449 g/mol. The summed E-state index contributed by atoms with van der Waals surface area (Å²) in [4.78, 5) is 41.5. The summed E-state index contributed by atoms with van der Waals surface area (Å²) in [6, 6.07) is 5.26. The molecule has 4 aromatic rings. The lowest BCUT2D eigenvalue weighted by molar-refractivity contribution is -0.114. The molecule has 0 aromatic carbocycles. The first kappa shape index (κ1) is 20.1. The van der Waals surface area contributed by atoms with Gasteiger partial charge in [-0.3, -0.25) is 9.59 Å². The van der Waals surface area contributed by atoms with Crippen LogP contribution in [0.3, 0.4) is 0 Å². The van der Waals surface area contributed by atoms with E-state index in [0.29, 0.717) is 38.7 Å². The number of ether oxygens (including phenoxy) is 1. The van der Waals surface area contributed by atoms with Crippen LogP contribution in [0.2, 0.25) is 0 Å². The summed E-state index contributed by atoms with van der Waals surface area (Å²) >= 11 is 1.30. The zero-order valence-corrected chi connectivity index (χ0v) is 18.1. The largest absolute Gasteiger partial charge is 0.424 e. The molecule has 0 aliphatic heterocycles. The predicted molar refractivity (Wildman–Crippen MR) is 121 cm³/mol. The topological polar surface area (TPSA) is 124 Å². The molecule has 0 unspecified atom stereocenters. The van der Waals surface area contributed by atoms with Gasteiger partial charge in [0.25, 0.3) is 5.56 Å². The molecule has 162 valence electrons. The van der Waals surface area contributed by atoms with Gasteiger partial charge in [0.1, 0.15) is 22.8 Å². The number of carbonyl (C=O) groups excluding carboxylic acids is 1. The Hall–Kier alpha value is -3.86. The first-order valence-electron chi connectivity index (χ1n) is 9.97. The average Bonchev–Trinajstić information content (AvgIpc) is 3.51. The molecule has 0 radical (unpaired) electrons. The minimum atomic E-state index is -0.227. The van der Waals surface area contributed by atoms with Crippen molar-refractivity contribution in [3.05, 3.63) is 52.7 Å². The van der Waals surface area contributed by atoms with Crippen LogP contribution in [0.4, 0.5) is 16.6 Å². The number of aromatic nitrogens is 5. The normalized spacial score (nSPS) is 13.2. The minimum absolute atomic E-state index is 0.114. The smallest absolute Gasteiger partial charge is 0.323 e. The minimum Gasteiger partial charge on any atom is -0.424 e. The Balaban J connectivity index is 1.38. The van der Waals surface area contributed by atoms with E-state index in [1.807, 2.05) is 12.3 Å². The third-order valence-corrected chi connectivity index (χ3v) is 5.75. The van der Waals surface area contributed by atoms with Crippen LogP contribution >= 0.6 is 11.3 Å². The van der Waals surface area contributed by atoms with Crippen molar-refractivity contribution in [3.8, 4) is 11.8 Å². The van der Waals surface area contributed by atoms with Gasteiger partial charge < -0.3 is 19.9 Å². The molecule has 1 fully saturated rings. The van der Waals surface area contributed by atoms with Crippen molar-refractivity contribution < 1.29 is 9.53 Å². The van der Waals surface area contributed by atoms with Crippen LogP contribution in [-0.2, 0) is 11.8 Å². The third kappa shape index (κ3) is 4.28. The maximum absolute atomic E-state index is 12.5. The first-order chi connectivity index (χ1) is 15.4. The zero-order chi connectivity index (χ0) is 22.2. The summed E-state index contributed by atoms with van der Waals surface area (Å²) in [6.07, 6.45) is 7.29. The molecule has 1 aliphatic rings. The Labute approximate surface area is 186 Å². The van der Waals surface area contributed by atoms with Crippen molar-refractivity contribution in [1.82, 2.24) is 24.5 Å². The molecule has 4 heterocycles.